The first-order valence-electron chi connectivity index (χ1n) is 4.42. The summed E-state index contributed by atoms with van der Waals surface area (Å²) in [6, 6.07) is 1.96. The molecule has 0 unspecified atom stereocenters. The second kappa shape index (κ2) is 4.56. The van der Waals surface area contributed by atoms with E-state index in [1.54, 1.807) is 14.2 Å². The topological polar surface area (TPSA) is 18.5 Å². The number of alkyl halides is 1. The Morgan fingerprint density at radius 1 is 1.21 bits per heavy atom. The van der Waals surface area contributed by atoms with Gasteiger partial charge in [-0.05, 0) is 31.0 Å². The minimum absolute atomic E-state index is 0.438. The monoisotopic (exact) mass is 214 g/mol. The van der Waals surface area contributed by atoms with Crippen LogP contribution in [-0.2, 0) is 5.88 Å². The van der Waals surface area contributed by atoms with Crippen molar-refractivity contribution in [2.75, 3.05) is 14.2 Å². The lowest BCUT2D eigenvalue weighted by molar-refractivity contribution is 0.395. The molecule has 78 valence electrons. The SMILES string of the molecule is COc1cc(C)c(OC)c(CCl)c1C. The normalized spacial score (nSPS) is 10.1. The van der Waals surface area contributed by atoms with E-state index in [4.69, 9.17) is 21.1 Å². The zero-order valence-corrected chi connectivity index (χ0v) is 9.73. The zero-order valence-electron chi connectivity index (χ0n) is 8.98. The molecule has 1 rings (SSSR count). The molecule has 14 heavy (non-hydrogen) atoms. The van der Waals surface area contributed by atoms with Gasteiger partial charge in [0.15, 0.2) is 0 Å². The number of aryl methyl sites for hydroxylation is 1. The number of hydrogen-bond donors (Lipinski definition) is 0. The van der Waals surface area contributed by atoms with Crippen molar-refractivity contribution < 1.29 is 9.47 Å². The van der Waals surface area contributed by atoms with Crippen LogP contribution in [-0.4, -0.2) is 14.2 Å². The van der Waals surface area contributed by atoms with Gasteiger partial charge in [0.1, 0.15) is 11.5 Å². The number of benzene rings is 1. The Balaban J connectivity index is 3.40. The van der Waals surface area contributed by atoms with E-state index >= 15 is 0 Å². The van der Waals surface area contributed by atoms with Crippen molar-refractivity contribution in [1.82, 2.24) is 0 Å². The molecule has 0 atom stereocenters. The highest BCUT2D eigenvalue weighted by Crippen LogP contribution is 2.34. The van der Waals surface area contributed by atoms with Crippen molar-refractivity contribution in [2.45, 2.75) is 19.7 Å². The Hall–Kier alpha value is -0.890. The molecule has 0 fully saturated rings. The van der Waals surface area contributed by atoms with Gasteiger partial charge in [-0.25, -0.2) is 0 Å². The van der Waals surface area contributed by atoms with E-state index < -0.39 is 0 Å². The van der Waals surface area contributed by atoms with Gasteiger partial charge in [0, 0.05) is 5.56 Å². The van der Waals surface area contributed by atoms with Crippen LogP contribution in [0.3, 0.4) is 0 Å². The van der Waals surface area contributed by atoms with Crippen LogP contribution in [0, 0.1) is 13.8 Å². The first-order chi connectivity index (χ1) is 6.65. The third-order valence-corrected chi connectivity index (χ3v) is 2.63. The predicted octanol–water partition coefficient (Wildman–Crippen LogP) is 3.06. The fourth-order valence-electron chi connectivity index (χ4n) is 1.58. The molecular weight excluding hydrogens is 200 g/mol. The molecule has 0 radical (unpaired) electrons. The molecule has 0 spiro atoms. The molecule has 3 heteroatoms. The van der Waals surface area contributed by atoms with Gasteiger partial charge in [0.25, 0.3) is 0 Å². The molecule has 0 amide bonds. The Morgan fingerprint density at radius 3 is 2.29 bits per heavy atom. The fraction of sp³-hybridized carbons (Fsp3) is 0.455. The summed E-state index contributed by atoms with van der Waals surface area (Å²) in [5.74, 6) is 2.16. The summed E-state index contributed by atoms with van der Waals surface area (Å²) in [6.07, 6.45) is 0. The van der Waals surface area contributed by atoms with E-state index in [1.807, 2.05) is 19.9 Å². The average Bonchev–Trinajstić information content (AvgIpc) is 2.20. The Morgan fingerprint density at radius 2 is 1.86 bits per heavy atom. The van der Waals surface area contributed by atoms with Crippen molar-refractivity contribution in [2.24, 2.45) is 0 Å². The van der Waals surface area contributed by atoms with Gasteiger partial charge in [0.05, 0.1) is 20.1 Å². The third kappa shape index (κ3) is 1.80. The van der Waals surface area contributed by atoms with Crippen LogP contribution in [0.25, 0.3) is 0 Å². The molecule has 1 aromatic carbocycles. The maximum atomic E-state index is 5.88. The largest absolute Gasteiger partial charge is 0.496 e. The lowest BCUT2D eigenvalue weighted by atomic mass is 10.0. The van der Waals surface area contributed by atoms with Gasteiger partial charge in [-0.1, -0.05) is 0 Å². The molecule has 0 bridgehead atoms. The smallest absolute Gasteiger partial charge is 0.126 e. The summed E-state index contributed by atoms with van der Waals surface area (Å²) in [7, 11) is 3.32. The van der Waals surface area contributed by atoms with Crippen LogP contribution in [0.5, 0.6) is 11.5 Å². The highest BCUT2D eigenvalue weighted by Gasteiger charge is 2.13. The van der Waals surface area contributed by atoms with Crippen LogP contribution in [0.4, 0.5) is 0 Å². The van der Waals surface area contributed by atoms with Crippen LogP contribution in [0.15, 0.2) is 6.07 Å². The lowest BCUT2D eigenvalue weighted by Gasteiger charge is -2.15. The lowest BCUT2D eigenvalue weighted by Crippen LogP contribution is -1.99. The summed E-state index contributed by atoms with van der Waals surface area (Å²) < 4.78 is 10.6. The van der Waals surface area contributed by atoms with Gasteiger partial charge in [0.2, 0.25) is 0 Å². The average molecular weight is 215 g/mol. The van der Waals surface area contributed by atoms with Crippen LogP contribution in [0.2, 0.25) is 0 Å². The maximum Gasteiger partial charge on any atom is 0.126 e. The Labute approximate surface area is 89.8 Å². The molecule has 0 aliphatic carbocycles. The van der Waals surface area contributed by atoms with Gasteiger partial charge in [-0.15, -0.1) is 11.6 Å². The molecule has 0 N–H and O–H groups in total. The minimum Gasteiger partial charge on any atom is -0.496 e. The van der Waals surface area contributed by atoms with E-state index in [9.17, 15) is 0 Å². The first kappa shape index (κ1) is 11.2. The summed E-state index contributed by atoms with van der Waals surface area (Å²) in [5.41, 5.74) is 3.10. The first-order valence-corrected chi connectivity index (χ1v) is 4.96. The number of methoxy groups -OCH3 is 2. The standard InChI is InChI=1S/C11H15ClO2/c1-7-5-10(13-3)8(2)9(6-12)11(7)14-4/h5H,6H2,1-4H3. The third-order valence-electron chi connectivity index (χ3n) is 2.36. The second-order valence-corrected chi connectivity index (χ2v) is 3.43. The van der Waals surface area contributed by atoms with Crippen LogP contribution >= 0.6 is 11.6 Å². The van der Waals surface area contributed by atoms with Gasteiger partial charge in [-0.3, -0.25) is 0 Å². The van der Waals surface area contributed by atoms with Gasteiger partial charge in [-0.2, -0.15) is 0 Å². The van der Waals surface area contributed by atoms with Crippen molar-refractivity contribution in [3.8, 4) is 11.5 Å². The molecule has 0 heterocycles. The summed E-state index contributed by atoms with van der Waals surface area (Å²) in [4.78, 5) is 0. The fourth-order valence-corrected chi connectivity index (χ4v) is 1.91. The van der Waals surface area contributed by atoms with Gasteiger partial charge >= 0.3 is 0 Å². The molecule has 1 aromatic rings. The van der Waals surface area contributed by atoms with E-state index in [0.29, 0.717) is 5.88 Å². The van der Waals surface area contributed by atoms with Crippen LogP contribution < -0.4 is 9.47 Å². The van der Waals surface area contributed by atoms with Crippen molar-refractivity contribution >= 4 is 11.6 Å². The molecule has 0 saturated carbocycles. The van der Waals surface area contributed by atoms with Crippen molar-refractivity contribution in [1.29, 1.82) is 0 Å². The van der Waals surface area contributed by atoms with E-state index in [2.05, 4.69) is 0 Å². The Kier molecular flexibility index (Phi) is 3.64. The number of ether oxygens (including phenoxy) is 2. The molecule has 2 nitrogen and oxygen atoms in total. The van der Waals surface area contributed by atoms with Crippen LogP contribution in [0.1, 0.15) is 16.7 Å². The zero-order chi connectivity index (χ0) is 10.7. The second-order valence-electron chi connectivity index (χ2n) is 3.17. The highest BCUT2D eigenvalue weighted by molar-refractivity contribution is 6.17. The maximum absolute atomic E-state index is 5.88. The minimum atomic E-state index is 0.438. The number of rotatable bonds is 3. The van der Waals surface area contributed by atoms with Crippen molar-refractivity contribution in [3.05, 3.63) is 22.8 Å². The number of hydrogen-bond acceptors (Lipinski definition) is 2. The predicted molar refractivity (Wildman–Crippen MR) is 58.6 cm³/mol. The van der Waals surface area contributed by atoms with E-state index in [1.165, 1.54) is 0 Å². The summed E-state index contributed by atoms with van der Waals surface area (Å²) >= 11 is 5.88. The molecule has 0 aliphatic heterocycles. The molecular formula is C11H15ClO2. The van der Waals surface area contributed by atoms with Gasteiger partial charge < -0.3 is 9.47 Å². The van der Waals surface area contributed by atoms with Crippen molar-refractivity contribution in [3.63, 3.8) is 0 Å². The summed E-state index contributed by atoms with van der Waals surface area (Å²) in [6.45, 7) is 3.97. The highest BCUT2D eigenvalue weighted by atomic mass is 35.5. The number of halogens is 1. The summed E-state index contributed by atoms with van der Waals surface area (Å²) in [5, 5.41) is 0. The van der Waals surface area contributed by atoms with E-state index in [-0.39, 0.29) is 0 Å². The Bertz CT molecular complexity index is 335. The molecule has 0 saturated heterocycles. The molecule has 0 aliphatic rings. The molecule has 0 aromatic heterocycles. The van der Waals surface area contributed by atoms with E-state index in [0.717, 1.165) is 28.2 Å². The quantitative estimate of drug-likeness (QED) is 0.720.